The molecule has 0 aliphatic rings. The highest BCUT2D eigenvalue weighted by Crippen LogP contribution is 2.24. The van der Waals surface area contributed by atoms with Gasteiger partial charge in [0.25, 0.3) is 5.91 Å². The number of carbonyl (C=O) groups is 2. The molecular formula is C30H36N2O5. The van der Waals surface area contributed by atoms with Gasteiger partial charge < -0.3 is 25.2 Å². The number of hydrogen-bond donors (Lipinski definition) is 3. The molecule has 0 aliphatic carbocycles. The zero-order chi connectivity index (χ0) is 27.1. The SMILES string of the molecule is Cc1ccccc1-c1ccc(CCOc2ccc(NC(=O)C(C)(CO)NC(=O)OC(C)(C)C)cc2)cc1. The van der Waals surface area contributed by atoms with E-state index in [0.717, 1.165) is 6.42 Å². The molecule has 0 spiro atoms. The second-order valence-electron chi connectivity index (χ2n) is 10.2. The van der Waals surface area contributed by atoms with Crippen LogP contribution in [0.25, 0.3) is 11.1 Å². The molecular weight excluding hydrogens is 468 g/mol. The third-order valence-corrected chi connectivity index (χ3v) is 5.78. The maximum Gasteiger partial charge on any atom is 0.408 e. The Bertz CT molecular complexity index is 1200. The molecule has 7 nitrogen and oxygen atoms in total. The smallest absolute Gasteiger partial charge is 0.408 e. The molecule has 0 bridgehead atoms. The second kappa shape index (κ2) is 11.9. The second-order valence-corrected chi connectivity index (χ2v) is 10.2. The summed E-state index contributed by atoms with van der Waals surface area (Å²) in [6.07, 6.45) is -0.0228. The van der Waals surface area contributed by atoms with E-state index in [4.69, 9.17) is 9.47 Å². The van der Waals surface area contributed by atoms with Gasteiger partial charge >= 0.3 is 6.09 Å². The quantitative estimate of drug-likeness (QED) is 0.358. The molecule has 0 fully saturated rings. The first-order valence-electron chi connectivity index (χ1n) is 12.3. The number of benzene rings is 3. The first-order chi connectivity index (χ1) is 17.5. The monoisotopic (exact) mass is 504 g/mol. The lowest BCUT2D eigenvalue weighted by Gasteiger charge is -2.29. The zero-order valence-electron chi connectivity index (χ0n) is 22.1. The number of ether oxygens (including phenoxy) is 2. The highest BCUT2D eigenvalue weighted by atomic mass is 16.6. The van der Waals surface area contributed by atoms with Gasteiger partial charge in [-0.05, 0) is 81.1 Å². The average molecular weight is 505 g/mol. The van der Waals surface area contributed by atoms with Crippen LogP contribution >= 0.6 is 0 Å². The fraction of sp³-hybridized carbons (Fsp3) is 0.333. The molecule has 2 amide bonds. The third kappa shape index (κ3) is 8.08. The van der Waals surface area contributed by atoms with E-state index in [1.54, 1.807) is 45.0 Å². The van der Waals surface area contributed by atoms with Crippen LogP contribution in [0.2, 0.25) is 0 Å². The van der Waals surface area contributed by atoms with Crippen molar-refractivity contribution in [3.63, 3.8) is 0 Å². The van der Waals surface area contributed by atoms with Crippen molar-refractivity contribution in [1.82, 2.24) is 5.32 Å². The van der Waals surface area contributed by atoms with E-state index in [2.05, 4.69) is 54.0 Å². The van der Waals surface area contributed by atoms with Gasteiger partial charge in [-0.1, -0.05) is 48.5 Å². The molecule has 196 valence electrons. The molecule has 1 atom stereocenters. The predicted octanol–water partition coefficient (Wildman–Crippen LogP) is 5.50. The molecule has 3 aromatic carbocycles. The Hall–Kier alpha value is -3.84. The van der Waals surface area contributed by atoms with Gasteiger partial charge in [0.2, 0.25) is 0 Å². The maximum absolute atomic E-state index is 12.7. The van der Waals surface area contributed by atoms with Crippen molar-refractivity contribution in [3.05, 3.63) is 83.9 Å². The number of aliphatic hydroxyl groups excluding tert-OH is 1. The number of nitrogens with one attached hydrogen (secondary N) is 2. The highest BCUT2D eigenvalue weighted by molar-refractivity contribution is 5.99. The van der Waals surface area contributed by atoms with Crippen LogP contribution in [-0.4, -0.2) is 41.5 Å². The highest BCUT2D eigenvalue weighted by Gasteiger charge is 2.36. The lowest BCUT2D eigenvalue weighted by Crippen LogP contribution is -2.58. The molecule has 0 heterocycles. The van der Waals surface area contributed by atoms with Gasteiger partial charge in [0.15, 0.2) is 0 Å². The van der Waals surface area contributed by atoms with Gasteiger partial charge in [0, 0.05) is 12.1 Å². The zero-order valence-corrected chi connectivity index (χ0v) is 22.1. The van der Waals surface area contributed by atoms with Crippen molar-refractivity contribution >= 4 is 17.7 Å². The van der Waals surface area contributed by atoms with Gasteiger partial charge in [0.1, 0.15) is 16.9 Å². The summed E-state index contributed by atoms with van der Waals surface area (Å²) in [5, 5.41) is 14.9. The van der Waals surface area contributed by atoms with Crippen LogP contribution in [0.15, 0.2) is 72.8 Å². The maximum atomic E-state index is 12.7. The minimum atomic E-state index is -1.55. The van der Waals surface area contributed by atoms with Crippen LogP contribution in [0, 0.1) is 6.92 Å². The van der Waals surface area contributed by atoms with Crippen molar-refractivity contribution in [2.75, 3.05) is 18.5 Å². The van der Waals surface area contributed by atoms with Crippen molar-refractivity contribution in [1.29, 1.82) is 0 Å². The number of aliphatic hydroxyl groups is 1. The van der Waals surface area contributed by atoms with E-state index in [-0.39, 0.29) is 0 Å². The molecule has 0 aliphatic heterocycles. The van der Waals surface area contributed by atoms with Crippen molar-refractivity contribution in [2.45, 2.75) is 52.2 Å². The van der Waals surface area contributed by atoms with E-state index < -0.39 is 29.7 Å². The topological polar surface area (TPSA) is 96.9 Å². The van der Waals surface area contributed by atoms with Crippen LogP contribution < -0.4 is 15.4 Å². The Balaban J connectivity index is 1.50. The summed E-state index contributed by atoms with van der Waals surface area (Å²) in [6.45, 7) is 8.61. The van der Waals surface area contributed by atoms with Crippen LogP contribution in [0.3, 0.4) is 0 Å². The molecule has 37 heavy (non-hydrogen) atoms. The number of amides is 2. The summed E-state index contributed by atoms with van der Waals surface area (Å²) in [7, 11) is 0. The number of aryl methyl sites for hydroxylation is 1. The fourth-order valence-corrected chi connectivity index (χ4v) is 3.63. The third-order valence-electron chi connectivity index (χ3n) is 5.78. The van der Waals surface area contributed by atoms with E-state index in [1.165, 1.54) is 29.2 Å². The van der Waals surface area contributed by atoms with E-state index in [9.17, 15) is 14.7 Å². The summed E-state index contributed by atoms with van der Waals surface area (Å²) < 4.78 is 11.1. The molecule has 1 unspecified atom stereocenters. The van der Waals surface area contributed by atoms with Gasteiger partial charge in [-0.2, -0.15) is 0 Å². The number of anilines is 1. The first kappa shape index (κ1) is 27.7. The minimum Gasteiger partial charge on any atom is -0.493 e. The number of carbonyl (C=O) groups excluding carboxylic acids is 2. The predicted molar refractivity (Wildman–Crippen MR) is 146 cm³/mol. The van der Waals surface area contributed by atoms with Gasteiger partial charge in [-0.15, -0.1) is 0 Å². The lowest BCUT2D eigenvalue weighted by atomic mass is 9.99. The largest absolute Gasteiger partial charge is 0.493 e. The van der Waals surface area contributed by atoms with Crippen molar-refractivity contribution < 1.29 is 24.2 Å². The van der Waals surface area contributed by atoms with Crippen LogP contribution in [0.4, 0.5) is 10.5 Å². The van der Waals surface area contributed by atoms with Crippen LogP contribution in [0.5, 0.6) is 5.75 Å². The molecule has 0 saturated carbocycles. The minimum absolute atomic E-state index is 0.509. The summed E-state index contributed by atoms with van der Waals surface area (Å²) in [4.78, 5) is 24.8. The molecule has 3 aromatic rings. The molecule has 0 saturated heterocycles. The van der Waals surface area contributed by atoms with E-state index >= 15 is 0 Å². The van der Waals surface area contributed by atoms with Crippen LogP contribution in [-0.2, 0) is 16.0 Å². The fourth-order valence-electron chi connectivity index (χ4n) is 3.63. The Labute approximate surface area is 218 Å². The Morgan fingerprint density at radius 3 is 2.14 bits per heavy atom. The van der Waals surface area contributed by atoms with Gasteiger partial charge in [0.05, 0.1) is 13.2 Å². The average Bonchev–Trinajstić information content (AvgIpc) is 2.84. The Morgan fingerprint density at radius 2 is 1.54 bits per heavy atom. The van der Waals surface area contributed by atoms with Crippen LogP contribution in [0.1, 0.15) is 38.8 Å². The van der Waals surface area contributed by atoms with E-state index in [1.807, 2.05) is 12.1 Å². The standard InChI is InChI=1S/C30H36N2O5/c1-21-8-6-7-9-26(21)23-12-10-22(11-13-23)18-19-36-25-16-14-24(15-17-25)31-27(34)30(5,20-33)32-28(35)37-29(2,3)4/h6-17,33H,18-20H2,1-5H3,(H,31,34)(H,32,35). The summed E-state index contributed by atoms with van der Waals surface area (Å²) in [6, 6.07) is 23.8. The summed E-state index contributed by atoms with van der Waals surface area (Å²) in [5.74, 6) is 0.106. The first-order valence-corrected chi connectivity index (χ1v) is 12.3. The Kier molecular flexibility index (Phi) is 8.95. The molecule has 0 aromatic heterocycles. The number of alkyl carbamates (subject to hydrolysis) is 1. The summed E-state index contributed by atoms with van der Waals surface area (Å²) in [5.41, 5.74) is 3.09. The lowest BCUT2D eigenvalue weighted by molar-refractivity contribution is -0.123. The van der Waals surface area contributed by atoms with Gasteiger partial charge in [-0.25, -0.2) is 4.79 Å². The van der Waals surface area contributed by atoms with Crippen molar-refractivity contribution in [2.24, 2.45) is 0 Å². The summed E-state index contributed by atoms with van der Waals surface area (Å²) >= 11 is 0. The van der Waals surface area contributed by atoms with Gasteiger partial charge in [-0.3, -0.25) is 4.79 Å². The molecule has 0 radical (unpaired) electrons. The molecule has 7 heteroatoms. The Morgan fingerprint density at radius 1 is 0.892 bits per heavy atom. The van der Waals surface area contributed by atoms with E-state index in [0.29, 0.717) is 18.0 Å². The number of hydrogen-bond acceptors (Lipinski definition) is 5. The molecule has 3 N–H and O–H groups in total. The van der Waals surface area contributed by atoms with Crippen molar-refractivity contribution in [3.8, 4) is 16.9 Å². The normalized spacial score (nSPS) is 12.8. The molecule has 3 rings (SSSR count). The number of rotatable bonds is 9.